The van der Waals surface area contributed by atoms with Crippen LogP contribution in [0.1, 0.15) is 25.3 Å². The Balaban J connectivity index is 1.80. The van der Waals surface area contributed by atoms with Crippen LogP contribution in [0.5, 0.6) is 0 Å². The minimum atomic E-state index is -0.277. The first-order valence-electron chi connectivity index (χ1n) is 7.51. The van der Waals surface area contributed by atoms with Crippen LogP contribution in [0.25, 0.3) is 11.3 Å². The molecule has 1 atom stereocenters. The summed E-state index contributed by atoms with van der Waals surface area (Å²) < 4.78 is 13.4. The second-order valence-corrected chi connectivity index (χ2v) is 6.27. The number of rotatable bonds is 3. The molecule has 0 saturated carbocycles. The standard InChI is InChI=1S/C17H19FN4/c1-17(11-19)6-3-7-22(12-17)10-14-9-20-21-16(14)13-4-2-5-15(18)8-13/h2,4-5,8-9H,3,6-7,10,12H2,1H3,(H,20,21). The van der Waals surface area contributed by atoms with Crippen molar-refractivity contribution < 1.29 is 4.39 Å². The van der Waals surface area contributed by atoms with Crippen molar-refractivity contribution in [1.82, 2.24) is 15.1 Å². The maximum absolute atomic E-state index is 13.4. The van der Waals surface area contributed by atoms with Crippen molar-refractivity contribution in [2.45, 2.75) is 26.3 Å². The van der Waals surface area contributed by atoms with E-state index in [0.717, 1.165) is 49.3 Å². The average molecular weight is 298 g/mol. The fourth-order valence-electron chi connectivity index (χ4n) is 3.14. The number of halogens is 1. The van der Waals surface area contributed by atoms with Gasteiger partial charge in [-0.3, -0.25) is 10.00 Å². The molecule has 5 heteroatoms. The lowest BCUT2D eigenvalue weighted by atomic mass is 9.83. The van der Waals surface area contributed by atoms with Gasteiger partial charge in [-0.05, 0) is 38.4 Å². The molecule has 4 nitrogen and oxygen atoms in total. The van der Waals surface area contributed by atoms with Crippen LogP contribution in [0.3, 0.4) is 0 Å². The maximum Gasteiger partial charge on any atom is 0.123 e. The van der Waals surface area contributed by atoms with Crippen LogP contribution in [0.15, 0.2) is 30.5 Å². The van der Waals surface area contributed by atoms with Gasteiger partial charge in [0.1, 0.15) is 5.82 Å². The van der Waals surface area contributed by atoms with Crippen LogP contribution in [0.2, 0.25) is 0 Å². The molecule has 3 rings (SSSR count). The number of nitriles is 1. The Morgan fingerprint density at radius 1 is 1.50 bits per heavy atom. The molecule has 1 unspecified atom stereocenters. The van der Waals surface area contributed by atoms with Crippen LogP contribution < -0.4 is 0 Å². The topological polar surface area (TPSA) is 55.7 Å². The number of nitrogens with zero attached hydrogens (tertiary/aromatic N) is 3. The van der Waals surface area contributed by atoms with Crippen LogP contribution in [0.4, 0.5) is 4.39 Å². The van der Waals surface area contributed by atoms with Gasteiger partial charge >= 0.3 is 0 Å². The predicted octanol–water partition coefficient (Wildman–Crippen LogP) is 3.34. The normalized spacial score (nSPS) is 22.4. The van der Waals surface area contributed by atoms with Crippen LogP contribution in [-0.2, 0) is 6.54 Å². The van der Waals surface area contributed by atoms with Crippen LogP contribution >= 0.6 is 0 Å². The summed E-state index contributed by atoms with van der Waals surface area (Å²) in [6.45, 7) is 4.48. The Labute approximate surface area is 129 Å². The molecule has 1 aromatic heterocycles. The molecule has 0 spiro atoms. The van der Waals surface area contributed by atoms with E-state index >= 15 is 0 Å². The van der Waals surface area contributed by atoms with E-state index in [9.17, 15) is 9.65 Å². The molecular formula is C17H19FN4. The van der Waals surface area contributed by atoms with E-state index in [1.807, 2.05) is 13.0 Å². The lowest BCUT2D eigenvalue weighted by Gasteiger charge is -2.35. The molecule has 0 radical (unpaired) electrons. The Bertz CT molecular complexity index is 703. The van der Waals surface area contributed by atoms with E-state index in [2.05, 4.69) is 21.2 Å². The number of H-pyrrole nitrogens is 1. The van der Waals surface area contributed by atoms with Crippen molar-refractivity contribution in [3.05, 3.63) is 41.8 Å². The van der Waals surface area contributed by atoms with E-state index in [-0.39, 0.29) is 11.2 Å². The highest BCUT2D eigenvalue weighted by molar-refractivity contribution is 5.62. The molecule has 1 saturated heterocycles. The third kappa shape index (κ3) is 3.02. The highest BCUT2D eigenvalue weighted by atomic mass is 19.1. The predicted molar refractivity (Wildman–Crippen MR) is 82.2 cm³/mol. The number of hydrogen-bond acceptors (Lipinski definition) is 3. The highest BCUT2D eigenvalue weighted by Gasteiger charge is 2.31. The fourth-order valence-corrected chi connectivity index (χ4v) is 3.14. The monoisotopic (exact) mass is 298 g/mol. The number of hydrogen-bond donors (Lipinski definition) is 1. The zero-order valence-corrected chi connectivity index (χ0v) is 12.6. The first-order chi connectivity index (χ1) is 10.6. The molecule has 0 amide bonds. The molecule has 114 valence electrons. The van der Waals surface area contributed by atoms with Crippen molar-refractivity contribution in [2.75, 3.05) is 13.1 Å². The van der Waals surface area contributed by atoms with Gasteiger partial charge in [0.15, 0.2) is 0 Å². The molecular weight excluding hydrogens is 279 g/mol. The van der Waals surface area contributed by atoms with E-state index in [1.165, 1.54) is 12.1 Å². The summed E-state index contributed by atoms with van der Waals surface area (Å²) in [6.07, 6.45) is 3.76. The minimum absolute atomic E-state index is 0.256. The smallest absolute Gasteiger partial charge is 0.123 e. The zero-order chi connectivity index (χ0) is 15.6. The average Bonchev–Trinajstić information content (AvgIpc) is 2.95. The van der Waals surface area contributed by atoms with Crippen molar-refractivity contribution in [3.8, 4) is 17.3 Å². The Hall–Kier alpha value is -2.19. The highest BCUT2D eigenvalue weighted by Crippen LogP contribution is 2.30. The molecule has 0 aliphatic carbocycles. The summed E-state index contributed by atoms with van der Waals surface area (Å²) in [7, 11) is 0. The maximum atomic E-state index is 13.4. The zero-order valence-electron chi connectivity index (χ0n) is 12.6. The molecule has 2 aromatic rings. The van der Waals surface area contributed by atoms with Gasteiger partial charge in [-0.25, -0.2) is 4.39 Å². The Morgan fingerprint density at radius 2 is 2.36 bits per heavy atom. The number of aromatic amines is 1. The minimum Gasteiger partial charge on any atom is -0.297 e. The van der Waals surface area contributed by atoms with Gasteiger partial charge in [-0.2, -0.15) is 10.4 Å². The lowest BCUT2D eigenvalue weighted by Crippen LogP contribution is -2.40. The van der Waals surface area contributed by atoms with E-state index in [4.69, 9.17) is 0 Å². The molecule has 1 aliphatic heterocycles. The van der Waals surface area contributed by atoms with Gasteiger partial charge in [0.05, 0.1) is 23.4 Å². The molecule has 22 heavy (non-hydrogen) atoms. The first-order valence-corrected chi connectivity index (χ1v) is 7.51. The molecule has 1 aromatic carbocycles. The first kappa shape index (κ1) is 14.7. The summed E-state index contributed by atoms with van der Waals surface area (Å²) in [5.74, 6) is -0.256. The fraction of sp³-hybridized carbons (Fsp3) is 0.412. The second kappa shape index (κ2) is 5.90. The molecule has 1 fully saturated rings. The summed E-state index contributed by atoms with van der Waals surface area (Å²) >= 11 is 0. The van der Waals surface area contributed by atoms with Crippen molar-refractivity contribution in [2.24, 2.45) is 5.41 Å². The van der Waals surface area contributed by atoms with Gasteiger partial charge in [0.25, 0.3) is 0 Å². The van der Waals surface area contributed by atoms with E-state index in [1.54, 1.807) is 12.3 Å². The van der Waals surface area contributed by atoms with Gasteiger partial charge in [-0.1, -0.05) is 12.1 Å². The molecule has 1 aliphatic rings. The van der Waals surface area contributed by atoms with Crippen LogP contribution in [0, 0.1) is 22.6 Å². The Kier molecular flexibility index (Phi) is 3.95. The Morgan fingerprint density at radius 3 is 3.14 bits per heavy atom. The van der Waals surface area contributed by atoms with Crippen LogP contribution in [-0.4, -0.2) is 28.2 Å². The summed E-state index contributed by atoms with van der Waals surface area (Å²) in [5, 5.41) is 16.4. The lowest BCUT2D eigenvalue weighted by molar-refractivity contribution is 0.137. The molecule has 0 bridgehead atoms. The SMILES string of the molecule is CC1(C#N)CCCN(Cc2cn[nH]c2-c2cccc(F)c2)C1. The summed E-state index contributed by atoms with van der Waals surface area (Å²) in [5.41, 5.74) is 2.41. The second-order valence-electron chi connectivity index (χ2n) is 6.27. The van der Waals surface area contributed by atoms with Crippen molar-refractivity contribution >= 4 is 0 Å². The number of likely N-dealkylation sites (tertiary alicyclic amines) is 1. The van der Waals surface area contributed by atoms with Gasteiger partial charge in [0.2, 0.25) is 0 Å². The largest absolute Gasteiger partial charge is 0.297 e. The molecule has 2 heterocycles. The quantitative estimate of drug-likeness (QED) is 0.945. The number of nitrogens with one attached hydrogen (secondary N) is 1. The third-order valence-electron chi connectivity index (χ3n) is 4.27. The van der Waals surface area contributed by atoms with E-state index < -0.39 is 0 Å². The third-order valence-corrected chi connectivity index (χ3v) is 4.27. The van der Waals surface area contributed by atoms with Gasteiger partial charge in [-0.15, -0.1) is 0 Å². The number of benzene rings is 1. The van der Waals surface area contributed by atoms with E-state index in [0.29, 0.717) is 0 Å². The van der Waals surface area contributed by atoms with Gasteiger partial charge in [0, 0.05) is 24.2 Å². The summed E-state index contributed by atoms with van der Waals surface area (Å²) in [4.78, 5) is 2.28. The number of aromatic nitrogens is 2. The van der Waals surface area contributed by atoms with Gasteiger partial charge < -0.3 is 0 Å². The summed E-state index contributed by atoms with van der Waals surface area (Å²) in [6, 6.07) is 8.94. The van der Waals surface area contributed by atoms with Crippen molar-refractivity contribution in [3.63, 3.8) is 0 Å². The number of piperidine rings is 1. The molecule has 1 N–H and O–H groups in total. The van der Waals surface area contributed by atoms with Crippen molar-refractivity contribution in [1.29, 1.82) is 5.26 Å².